The van der Waals surface area contributed by atoms with E-state index < -0.39 is 0 Å². The summed E-state index contributed by atoms with van der Waals surface area (Å²) in [5, 5.41) is 0. The van der Waals surface area contributed by atoms with Crippen molar-refractivity contribution in [2.24, 2.45) is 5.92 Å². The van der Waals surface area contributed by atoms with Gasteiger partial charge < -0.3 is 10.6 Å². The van der Waals surface area contributed by atoms with Gasteiger partial charge in [0.25, 0.3) is 5.91 Å². The molecule has 2 heterocycles. The molecule has 1 fully saturated rings. The van der Waals surface area contributed by atoms with Crippen molar-refractivity contribution in [2.45, 2.75) is 19.4 Å². The van der Waals surface area contributed by atoms with E-state index in [1.165, 1.54) is 24.5 Å². The summed E-state index contributed by atoms with van der Waals surface area (Å²) in [6.07, 6.45) is 3.75. The first-order chi connectivity index (χ1) is 10.6. The van der Waals surface area contributed by atoms with Crippen molar-refractivity contribution < 1.29 is 9.18 Å². The number of hydrogen-bond acceptors (Lipinski definition) is 4. The van der Waals surface area contributed by atoms with Gasteiger partial charge in [0, 0.05) is 18.9 Å². The van der Waals surface area contributed by atoms with E-state index in [1.807, 2.05) is 6.07 Å². The first-order valence-corrected chi connectivity index (χ1v) is 7.21. The summed E-state index contributed by atoms with van der Waals surface area (Å²) in [4.78, 5) is 22.4. The minimum atomic E-state index is -0.303. The number of benzene rings is 1. The Morgan fingerprint density at radius 3 is 2.86 bits per heavy atom. The van der Waals surface area contributed by atoms with Crippen LogP contribution >= 0.6 is 0 Å². The molecule has 2 N–H and O–H groups in total. The first kappa shape index (κ1) is 14.4. The number of carbonyl (C=O) groups excluding carboxylic acids is 1. The molecule has 2 aromatic rings. The number of nitrogen functional groups attached to an aromatic ring is 1. The molecular weight excluding hydrogens is 283 g/mol. The number of rotatable bonds is 2. The van der Waals surface area contributed by atoms with Gasteiger partial charge in [-0.1, -0.05) is 19.1 Å². The summed E-state index contributed by atoms with van der Waals surface area (Å²) < 4.78 is 13.5. The van der Waals surface area contributed by atoms with Crippen molar-refractivity contribution >= 4 is 11.7 Å². The van der Waals surface area contributed by atoms with E-state index in [0.29, 0.717) is 6.54 Å². The predicted molar refractivity (Wildman–Crippen MR) is 80.4 cm³/mol. The lowest BCUT2D eigenvalue weighted by Crippen LogP contribution is -2.33. The van der Waals surface area contributed by atoms with Crippen LogP contribution < -0.4 is 5.73 Å². The van der Waals surface area contributed by atoms with Crippen LogP contribution in [0.4, 0.5) is 10.2 Å². The molecule has 1 saturated heterocycles. The normalized spacial score (nSPS) is 21.1. The SMILES string of the molecule is C[C@H]1CCN(C(=O)c2nccnc2N)[C@@H]1c1cccc(F)c1. The Kier molecular flexibility index (Phi) is 3.75. The number of aromatic nitrogens is 2. The van der Waals surface area contributed by atoms with Gasteiger partial charge in [-0.3, -0.25) is 4.79 Å². The molecule has 5 nitrogen and oxygen atoms in total. The maximum atomic E-state index is 13.5. The summed E-state index contributed by atoms with van der Waals surface area (Å²) in [5.41, 5.74) is 6.69. The molecule has 114 valence electrons. The molecule has 0 spiro atoms. The van der Waals surface area contributed by atoms with Crippen LogP contribution in [0.5, 0.6) is 0 Å². The lowest BCUT2D eigenvalue weighted by molar-refractivity contribution is 0.0715. The zero-order chi connectivity index (χ0) is 15.7. The van der Waals surface area contributed by atoms with Crippen molar-refractivity contribution in [3.63, 3.8) is 0 Å². The summed E-state index contributed by atoms with van der Waals surface area (Å²) in [6.45, 7) is 2.65. The van der Waals surface area contributed by atoms with E-state index in [-0.39, 0.29) is 35.2 Å². The molecule has 0 radical (unpaired) electrons. The van der Waals surface area contributed by atoms with Gasteiger partial charge in [-0.25, -0.2) is 14.4 Å². The summed E-state index contributed by atoms with van der Waals surface area (Å²) in [6, 6.07) is 6.21. The quantitative estimate of drug-likeness (QED) is 0.924. The molecule has 0 aliphatic carbocycles. The Balaban J connectivity index is 1.96. The highest BCUT2D eigenvalue weighted by molar-refractivity contribution is 5.96. The third kappa shape index (κ3) is 2.52. The fourth-order valence-electron chi connectivity index (χ4n) is 3.02. The maximum Gasteiger partial charge on any atom is 0.276 e. The third-order valence-corrected chi connectivity index (χ3v) is 4.08. The third-order valence-electron chi connectivity index (χ3n) is 4.08. The second-order valence-electron chi connectivity index (χ2n) is 5.55. The number of carbonyl (C=O) groups is 1. The van der Waals surface area contributed by atoms with Crippen molar-refractivity contribution in [3.05, 3.63) is 53.7 Å². The van der Waals surface area contributed by atoms with Crippen LogP contribution in [0.15, 0.2) is 36.7 Å². The van der Waals surface area contributed by atoms with Gasteiger partial charge in [-0.15, -0.1) is 0 Å². The molecule has 22 heavy (non-hydrogen) atoms. The second-order valence-corrected chi connectivity index (χ2v) is 5.55. The zero-order valence-corrected chi connectivity index (χ0v) is 12.2. The molecule has 0 unspecified atom stereocenters. The number of nitrogens with zero attached hydrogens (tertiary/aromatic N) is 3. The zero-order valence-electron chi connectivity index (χ0n) is 12.2. The summed E-state index contributed by atoms with van der Waals surface area (Å²) in [7, 11) is 0. The summed E-state index contributed by atoms with van der Waals surface area (Å²) >= 11 is 0. The monoisotopic (exact) mass is 300 g/mol. The highest BCUT2D eigenvalue weighted by atomic mass is 19.1. The first-order valence-electron chi connectivity index (χ1n) is 7.21. The largest absolute Gasteiger partial charge is 0.382 e. The van der Waals surface area contributed by atoms with Crippen LogP contribution in [0.1, 0.15) is 35.4 Å². The Morgan fingerprint density at radius 1 is 1.36 bits per heavy atom. The molecular formula is C16H17FN4O. The van der Waals surface area contributed by atoms with E-state index in [1.54, 1.807) is 11.0 Å². The van der Waals surface area contributed by atoms with E-state index >= 15 is 0 Å². The highest BCUT2D eigenvalue weighted by Gasteiger charge is 2.37. The molecule has 0 saturated carbocycles. The van der Waals surface area contributed by atoms with Gasteiger partial charge in [0.15, 0.2) is 11.5 Å². The van der Waals surface area contributed by atoms with Crippen molar-refractivity contribution in [1.82, 2.24) is 14.9 Å². The number of nitrogens with two attached hydrogens (primary N) is 1. The molecule has 1 aliphatic heterocycles. The van der Waals surface area contributed by atoms with Crippen LogP contribution in [0.2, 0.25) is 0 Å². The number of halogens is 1. The Bertz CT molecular complexity index is 706. The number of anilines is 1. The van der Waals surface area contributed by atoms with E-state index in [0.717, 1.165) is 12.0 Å². The highest BCUT2D eigenvalue weighted by Crippen LogP contribution is 2.38. The maximum absolute atomic E-state index is 13.5. The van der Waals surface area contributed by atoms with E-state index in [9.17, 15) is 9.18 Å². The van der Waals surface area contributed by atoms with Crippen LogP contribution in [-0.2, 0) is 0 Å². The van der Waals surface area contributed by atoms with Crippen LogP contribution in [0, 0.1) is 11.7 Å². The molecule has 1 aromatic carbocycles. The van der Waals surface area contributed by atoms with Crippen molar-refractivity contribution in [3.8, 4) is 0 Å². The molecule has 1 aromatic heterocycles. The smallest absolute Gasteiger partial charge is 0.276 e. The Morgan fingerprint density at radius 2 is 2.14 bits per heavy atom. The predicted octanol–water partition coefficient (Wildman–Crippen LogP) is 2.42. The van der Waals surface area contributed by atoms with Gasteiger partial charge in [0.2, 0.25) is 0 Å². The summed E-state index contributed by atoms with van der Waals surface area (Å²) in [5.74, 6) is -0.207. The number of amides is 1. The minimum absolute atomic E-state index is 0.116. The van der Waals surface area contributed by atoms with Gasteiger partial charge in [0.05, 0.1) is 6.04 Å². The Hall–Kier alpha value is -2.50. The molecule has 2 atom stereocenters. The molecule has 6 heteroatoms. The van der Waals surface area contributed by atoms with Crippen LogP contribution in [-0.4, -0.2) is 27.3 Å². The second kappa shape index (κ2) is 5.71. The molecule has 3 rings (SSSR count). The molecule has 1 amide bonds. The lowest BCUT2D eigenvalue weighted by Gasteiger charge is -2.27. The Labute approximate surface area is 128 Å². The number of hydrogen-bond donors (Lipinski definition) is 1. The van der Waals surface area contributed by atoms with Gasteiger partial charge in [-0.2, -0.15) is 0 Å². The van der Waals surface area contributed by atoms with Gasteiger partial charge >= 0.3 is 0 Å². The minimum Gasteiger partial charge on any atom is -0.382 e. The van der Waals surface area contributed by atoms with Crippen molar-refractivity contribution in [2.75, 3.05) is 12.3 Å². The van der Waals surface area contributed by atoms with Gasteiger partial charge in [-0.05, 0) is 30.0 Å². The van der Waals surface area contributed by atoms with Crippen LogP contribution in [0.3, 0.4) is 0 Å². The standard InChI is InChI=1S/C16H17FN4O/c1-10-5-8-21(14(10)11-3-2-4-12(17)9-11)16(22)13-15(18)20-7-6-19-13/h2-4,6-7,9-10,14H,5,8H2,1H3,(H2,18,20)/t10-,14-/m0/s1. The fraction of sp³-hybridized carbons (Fsp3) is 0.312. The number of likely N-dealkylation sites (tertiary alicyclic amines) is 1. The lowest BCUT2D eigenvalue weighted by atomic mass is 9.95. The van der Waals surface area contributed by atoms with Crippen molar-refractivity contribution in [1.29, 1.82) is 0 Å². The molecule has 0 bridgehead atoms. The van der Waals surface area contributed by atoms with Gasteiger partial charge in [0.1, 0.15) is 5.82 Å². The molecule has 1 aliphatic rings. The topological polar surface area (TPSA) is 72.1 Å². The average molecular weight is 300 g/mol. The fourth-order valence-corrected chi connectivity index (χ4v) is 3.02. The van der Waals surface area contributed by atoms with Crippen LogP contribution in [0.25, 0.3) is 0 Å². The average Bonchev–Trinajstić information content (AvgIpc) is 2.89. The van der Waals surface area contributed by atoms with E-state index in [2.05, 4.69) is 16.9 Å². The van der Waals surface area contributed by atoms with E-state index in [4.69, 9.17) is 5.73 Å².